The number of aliphatic hydroxyl groups is 1. The van der Waals surface area contributed by atoms with Crippen LogP contribution in [0.4, 0.5) is 5.95 Å². The van der Waals surface area contributed by atoms with E-state index >= 15 is 0 Å². The fraction of sp³-hybridized carbons (Fsp3) is 0.471. The van der Waals surface area contributed by atoms with Crippen molar-refractivity contribution >= 4 is 5.95 Å². The third kappa shape index (κ3) is 3.25. The number of rotatable bonds is 3. The van der Waals surface area contributed by atoms with E-state index in [0.29, 0.717) is 0 Å². The van der Waals surface area contributed by atoms with Crippen molar-refractivity contribution in [2.24, 2.45) is 5.92 Å². The molecule has 0 aromatic carbocycles. The van der Waals surface area contributed by atoms with E-state index in [0.717, 1.165) is 49.0 Å². The van der Waals surface area contributed by atoms with Gasteiger partial charge in [-0.25, -0.2) is 9.97 Å². The second kappa shape index (κ2) is 6.40. The quantitative estimate of drug-likeness (QED) is 0.943. The lowest BCUT2D eigenvalue weighted by Gasteiger charge is -2.34. The van der Waals surface area contributed by atoms with Gasteiger partial charge >= 0.3 is 0 Å². The summed E-state index contributed by atoms with van der Waals surface area (Å²) in [4.78, 5) is 15.5. The largest absolute Gasteiger partial charge is 0.387 e. The van der Waals surface area contributed by atoms with Gasteiger partial charge in [-0.1, -0.05) is 6.07 Å². The van der Waals surface area contributed by atoms with Crippen LogP contribution in [0.3, 0.4) is 0 Å². The Hall–Kier alpha value is -2.01. The van der Waals surface area contributed by atoms with E-state index in [1.165, 1.54) is 0 Å². The molecule has 1 atom stereocenters. The lowest BCUT2D eigenvalue weighted by molar-refractivity contribution is 0.0889. The summed E-state index contributed by atoms with van der Waals surface area (Å²) in [5, 5.41) is 10.5. The maximum atomic E-state index is 10.5. The molecule has 0 saturated carbocycles. The molecule has 5 heteroatoms. The van der Waals surface area contributed by atoms with Crippen molar-refractivity contribution in [3.63, 3.8) is 0 Å². The SMILES string of the molecule is Cc1cc(C)nc(N2CCC(C(O)c3ccccn3)CC2)n1. The topological polar surface area (TPSA) is 62.1 Å². The normalized spacial score (nSPS) is 17.5. The lowest BCUT2D eigenvalue weighted by atomic mass is 9.89. The smallest absolute Gasteiger partial charge is 0.225 e. The Morgan fingerprint density at radius 1 is 1.14 bits per heavy atom. The van der Waals surface area contributed by atoms with E-state index in [1.807, 2.05) is 38.1 Å². The predicted octanol–water partition coefficient (Wildman–Crippen LogP) is 2.44. The highest BCUT2D eigenvalue weighted by Gasteiger charge is 2.27. The van der Waals surface area contributed by atoms with E-state index in [9.17, 15) is 5.11 Å². The van der Waals surface area contributed by atoms with Crippen LogP contribution in [0.2, 0.25) is 0 Å². The Kier molecular flexibility index (Phi) is 4.34. The van der Waals surface area contributed by atoms with Gasteiger partial charge in [0.15, 0.2) is 0 Å². The molecule has 22 heavy (non-hydrogen) atoms. The molecular formula is C17H22N4O. The third-order valence-corrected chi connectivity index (χ3v) is 4.23. The Bertz CT molecular complexity index is 604. The van der Waals surface area contributed by atoms with Gasteiger partial charge < -0.3 is 10.0 Å². The standard InChI is InChI=1S/C17H22N4O/c1-12-11-13(2)20-17(19-12)21-9-6-14(7-10-21)16(22)15-5-3-4-8-18-15/h3-5,8,11,14,16,22H,6-7,9-10H2,1-2H3. The highest BCUT2D eigenvalue weighted by molar-refractivity contribution is 5.32. The van der Waals surface area contributed by atoms with Gasteiger partial charge in [0.25, 0.3) is 0 Å². The molecular weight excluding hydrogens is 276 g/mol. The van der Waals surface area contributed by atoms with Gasteiger partial charge in [-0.2, -0.15) is 0 Å². The van der Waals surface area contributed by atoms with E-state index < -0.39 is 6.10 Å². The molecule has 3 heterocycles. The number of hydrogen-bond acceptors (Lipinski definition) is 5. The number of nitrogens with zero attached hydrogens (tertiary/aromatic N) is 4. The average Bonchev–Trinajstić information content (AvgIpc) is 2.54. The summed E-state index contributed by atoms with van der Waals surface area (Å²) in [6.45, 7) is 5.74. The van der Waals surface area contributed by atoms with Gasteiger partial charge in [0.05, 0.1) is 11.8 Å². The number of aryl methyl sites for hydroxylation is 2. The highest BCUT2D eigenvalue weighted by Crippen LogP contribution is 2.30. The Morgan fingerprint density at radius 2 is 1.82 bits per heavy atom. The minimum atomic E-state index is -0.483. The van der Waals surface area contributed by atoms with Gasteiger partial charge in [-0.05, 0) is 50.8 Å². The molecule has 0 radical (unpaired) electrons. The van der Waals surface area contributed by atoms with E-state index in [1.54, 1.807) is 6.20 Å². The molecule has 1 saturated heterocycles. The van der Waals surface area contributed by atoms with Gasteiger partial charge in [0.1, 0.15) is 0 Å². The van der Waals surface area contributed by atoms with Crippen LogP contribution in [0.1, 0.15) is 36.0 Å². The highest BCUT2D eigenvalue weighted by atomic mass is 16.3. The van der Waals surface area contributed by atoms with Crippen molar-refractivity contribution in [2.45, 2.75) is 32.8 Å². The first-order chi connectivity index (χ1) is 10.6. The molecule has 1 aliphatic heterocycles. The van der Waals surface area contributed by atoms with Gasteiger partial charge in [0.2, 0.25) is 5.95 Å². The number of aromatic nitrogens is 3. The lowest BCUT2D eigenvalue weighted by Crippen LogP contribution is -2.37. The van der Waals surface area contributed by atoms with Crippen molar-refractivity contribution in [1.82, 2.24) is 15.0 Å². The maximum Gasteiger partial charge on any atom is 0.225 e. The van der Waals surface area contributed by atoms with Gasteiger partial charge in [-0.3, -0.25) is 4.98 Å². The summed E-state index contributed by atoms with van der Waals surface area (Å²) < 4.78 is 0. The summed E-state index contributed by atoms with van der Waals surface area (Å²) in [6, 6.07) is 7.67. The first-order valence-corrected chi connectivity index (χ1v) is 7.80. The zero-order valence-corrected chi connectivity index (χ0v) is 13.1. The Labute approximate surface area is 131 Å². The summed E-state index contributed by atoms with van der Waals surface area (Å²) in [6.07, 6.45) is 3.10. The molecule has 1 unspecified atom stereocenters. The zero-order chi connectivity index (χ0) is 15.5. The first-order valence-electron chi connectivity index (χ1n) is 7.80. The van der Waals surface area contributed by atoms with Crippen molar-refractivity contribution < 1.29 is 5.11 Å². The van der Waals surface area contributed by atoms with Crippen molar-refractivity contribution in [3.8, 4) is 0 Å². The Morgan fingerprint density at radius 3 is 2.41 bits per heavy atom. The molecule has 3 rings (SSSR count). The second-order valence-electron chi connectivity index (χ2n) is 5.97. The molecule has 2 aromatic heterocycles. The number of pyridine rings is 1. The van der Waals surface area contributed by atoms with Crippen LogP contribution < -0.4 is 4.90 Å². The zero-order valence-electron chi connectivity index (χ0n) is 13.1. The molecule has 1 N–H and O–H groups in total. The Balaban J connectivity index is 1.65. The first kappa shape index (κ1) is 14.9. The molecule has 0 amide bonds. The van der Waals surface area contributed by atoms with Crippen LogP contribution in [0, 0.1) is 19.8 Å². The minimum absolute atomic E-state index is 0.247. The maximum absolute atomic E-state index is 10.5. The number of hydrogen-bond donors (Lipinski definition) is 1. The average molecular weight is 298 g/mol. The predicted molar refractivity (Wildman–Crippen MR) is 85.6 cm³/mol. The van der Waals surface area contributed by atoms with E-state index in [4.69, 9.17) is 0 Å². The summed E-state index contributed by atoms with van der Waals surface area (Å²) in [5.41, 5.74) is 2.76. The molecule has 0 aliphatic carbocycles. The summed E-state index contributed by atoms with van der Waals surface area (Å²) >= 11 is 0. The van der Waals surface area contributed by atoms with Crippen LogP contribution in [0.5, 0.6) is 0 Å². The molecule has 2 aromatic rings. The summed E-state index contributed by atoms with van der Waals surface area (Å²) in [5.74, 6) is 1.06. The van der Waals surface area contributed by atoms with Gasteiger partial charge in [0, 0.05) is 30.7 Å². The van der Waals surface area contributed by atoms with Crippen molar-refractivity contribution in [3.05, 3.63) is 47.5 Å². The van der Waals surface area contributed by atoms with Crippen LogP contribution in [-0.4, -0.2) is 33.1 Å². The molecule has 1 aliphatic rings. The number of anilines is 1. The second-order valence-corrected chi connectivity index (χ2v) is 5.97. The van der Waals surface area contributed by atoms with E-state index in [2.05, 4.69) is 19.9 Å². The fourth-order valence-electron chi connectivity index (χ4n) is 3.06. The van der Waals surface area contributed by atoms with Crippen LogP contribution >= 0.6 is 0 Å². The molecule has 116 valence electrons. The molecule has 5 nitrogen and oxygen atoms in total. The minimum Gasteiger partial charge on any atom is -0.387 e. The van der Waals surface area contributed by atoms with Crippen LogP contribution in [0.25, 0.3) is 0 Å². The van der Waals surface area contributed by atoms with E-state index in [-0.39, 0.29) is 5.92 Å². The molecule has 0 bridgehead atoms. The van der Waals surface area contributed by atoms with Crippen LogP contribution in [0.15, 0.2) is 30.5 Å². The fourth-order valence-corrected chi connectivity index (χ4v) is 3.06. The van der Waals surface area contributed by atoms with Crippen molar-refractivity contribution in [2.75, 3.05) is 18.0 Å². The van der Waals surface area contributed by atoms with Crippen molar-refractivity contribution in [1.29, 1.82) is 0 Å². The van der Waals surface area contributed by atoms with Crippen LogP contribution in [-0.2, 0) is 0 Å². The number of piperidine rings is 1. The summed E-state index contributed by atoms with van der Waals surface area (Å²) in [7, 11) is 0. The molecule has 0 spiro atoms. The number of aliphatic hydroxyl groups excluding tert-OH is 1. The monoisotopic (exact) mass is 298 g/mol. The third-order valence-electron chi connectivity index (χ3n) is 4.23. The van der Waals surface area contributed by atoms with Gasteiger partial charge in [-0.15, -0.1) is 0 Å². The molecule has 1 fully saturated rings.